The normalized spacial score (nSPS) is 35.8. The predicted molar refractivity (Wildman–Crippen MR) is 39.3 cm³/mol. The molecule has 0 aliphatic carbocycles. The summed E-state index contributed by atoms with van der Waals surface area (Å²) in [5.41, 5.74) is -0.0494. The van der Waals surface area contributed by atoms with Crippen LogP contribution in [0.3, 0.4) is 0 Å². The fraction of sp³-hybridized carbons (Fsp3) is 1.00. The van der Waals surface area contributed by atoms with Crippen molar-refractivity contribution in [1.29, 1.82) is 0 Å². The molecule has 0 aromatic carbocycles. The second kappa shape index (κ2) is 2.12. The Morgan fingerprint density at radius 2 is 2.00 bits per heavy atom. The minimum Gasteiger partial charge on any atom is -0.260 e. The Morgan fingerprint density at radius 3 is 2.70 bits per heavy atom. The molecule has 2 heterocycles. The van der Waals surface area contributed by atoms with Crippen LogP contribution < -0.4 is 0 Å². The number of hydrogen-bond donors (Lipinski definition) is 0. The van der Waals surface area contributed by atoms with Gasteiger partial charge in [0.1, 0.15) is 0 Å². The van der Waals surface area contributed by atoms with Crippen molar-refractivity contribution in [2.75, 3.05) is 11.5 Å². The zero-order valence-electron chi connectivity index (χ0n) is 5.75. The van der Waals surface area contributed by atoms with Crippen LogP contribution in [0.4, 0.5) is 0 Å². The van der Waals surface area contributed by atoms with Gasteiger partial charge in [-0.1, -0.05) is 0 Å². The van der Waals surface area contributed by atoms with Crippen LogP contribution >= 0.6 is 0 Å². The van der Waals surface area contributed by atoms with Gasteiger partial charge in [0.2, 0.25) is 0 Å². The van der Waals surface area contributed by atoms with Gasteiger partial charge in [0.05, 0.1) is 0 Å². The predicted octanol–water partition coefficient (Wildman–Crippen LogP) is 1.08. The summed E-state index contributed by atoms with van der Waals surface area (Å²) in [7, 11) is -0.584. The quantitative estimate of drug-likeness (QED) is 0.520. The van der Waals surface area contributed by atoms with Crippen molar-refractivity contribution in [1.82, 2.24) is 0 Å². The molecule has 2 aliphatic rings. The molecule has 1 atom stereocenters. The first-order chi connectivity index (χ1) is 4.81. The highest BCUT2D eigenvalue weighted by Crippen LogP contribution is 2.38. The van der Waals surface area contributed by atoms with Gasteiger partial charge in [-0.05, 0) is 12.8 Å². The van der Waals surface area contributed by atoms with Crippen LogP contribution in [0.1, 0.15) is 19.3 Å². The minimum atomic E-state index is -0.584. The van der Waals surface area contributed by atoms with Crippen molar-refractivity contribution < 1.29 is 4.21 Å². The molecule has 2 rings (SSSR count). The first kappa shape index (κ1) is 6.46. The van der Waals surface area contributed by atoms with Gasteiger partial charge in [-0.3, -0.25) is 4.21 Å². The third kappa shape index (κ3) is 1.12. The van der Waals surface area contributed by atoms with Crippen LogP contribution in [0.25, 0.3) is 0 Å². The van der Waals surface area contributed by atoms with Gasteiger partial charge in [0.25, 0.3) is 0 Å². The molecule has 4 heteroatoms. The lowest BCUT2D eigenvalue weighted by molar-refractivity contribution is 0.537. The largest absolute Gasteiger partial charge is 0.260 e. The molecule has 10 heavy (non-hydrogen) atoms. The molecule has 1 saturated heterocycles. The SMILES string of the molecule is O=S1CCCC2(CC1)N=N2. The average molecular weight is 158 g/mol. The van der Waals surface area contributed by atoms with E-state index in [-0.39, 0.29) is 5.66 Å². The third-order valence-electron chi connectivity index (χ3n) is 2.06. The number of nitrogens with zero attached hydrogens (tertiary/aromatic N) is 2. The molecule has 0 bridgehead atoms. The second-order valence-electron chi connectivity index (χ2n) is 2.88. The number of hydrogen-bond acceptors (Lipinski definition) is 3. The van der Waals surface area contributed by atoms with Gasteiger partial charge in [0, 0.05) is 28.7 Å². The summed E-state index contributed by atoms with van der Waals surface area (Å²) < 4.78 is 11.0. The Hall–Kier alpha value is -0.250. The van der Waals surface area contributed by atoms with Crippen molar-refractivity contribution in [2.45, 2.75) is 24.9 Å². The maximum Gasteiger partial charge on any atom is 0.191 e. The van der Waals surface area contributed by atoms with Crippen LogP contribution in [0.15, 0.2) is 10.2 Å². The molecule has 0 aromatic rings. The zero-order valence-corrected chi connectivity index (χ0v) is 6.56. The molecular formula is C6H10N2OS. The fourth-order valence-electron chi connectivity index (χ4n) is 1.29. The van der Waals surface area contributed by atoms with Gasteiger partial charge >= 0.3 is 0 Å². The molecule has 1 unspecified atom stereocenters. The lowest BCUT2D eigenvalue weighted by Crippen LogP contribution is -2.10. The van der Waals surface area contributed by atoms with Crippen LogP contribution in [0, 0.1) is 0 Å². The van der Waals surface area contributed by atoms with Crippen LogP contribution in [0.5, 0.6) is 0 Å². The topological polar surface area (TPSA) is 41.8 Å². The van der Waals surface area contributed by atoms with E-state index in [1.807, 2.05) is 0 Å². The monoisotopic (exact) mass is 158 g/mol. The Balaban J connectivity index is 1.99. The van der Waals surface area contributed by atoms with Crippen molar-refractivity contribution in [3.05, 3.63) is 0 Å². The van der Waals surface area contributed by atoms with Gasteiger partial charge in [0.15, 0.2) is 5.66 Å². The average Bonchev–Trinajstić information content (AvgIpc) is 2.67. The molecule has 0 radical (unpaired) electrons. The lowest BCUT2D eigenvalue weighted by Gasteiger charge is -2.01. The summed E-state index contributed by atoms with van der Waals surface area (Å²) in [6.45, 7) is 0. The van der Waals surface area contributed by atoms with E-state index < -0.39 is 10.8 Å². The third-order valence-corrected chi connectivity index (χ3v) is 3.47. The fourth-order valence-corrected chi connectivity index (χ4v) is 2.52. The van der Waals surface area contributed by atoms with Crippen LogP contribution in [-0.4, -0.2) is 21.4 Å². The summed E-state index contributed by atoms with van der Waals surface area (Å²) in [6, 6.07) is 0. The van der Waals surface area contributed by atoms with E-state index in [0.29, 0.717) is 0 Å². The van der Waals surface area contributed by atoms with Gasteiger partial charge in [-0.25, -0.2) is 0 Å². The Morgan fingerprint density at radius 1 is 1.20 bits per heavy atom. The Bertz CT molecular complexity index is 196. The minimum absolute atomic E-state index is 0.0494. The first-order valence-electron chi connectivity index (χ1n) is 3.60. The number of rotatable bonds is 0. The van der Waals surface area contributed by atoms with Crippen molar-refractivity contribution in [3.8, 4) is 0 Å². The molecule has 0 aromatic heterocycles. The summed E-state index contributed by atoms with van der Waals surface area (Å²) >= 11 is 0. The lowest BCUT2D eigenvalue weighted by atomic mass is 10.1. The first-order valence-corrected chi connectivity index (χ1v) is 5.09. The molecular weight excluding hydrogens is 148 g/mol. The van der Waals surface area contributed by atoms with E-state index in [1.165, 1.54) is 0 Å². The van der Waals surface area contributed by atoms with E-state index in [9.17, 15) is 4.21 Å². The smallest absolute Gasteiger partial charge is 0.191 e. The maximum absolute atomic E-state index is 11.0. The highest BCUT2D eigenvalue weighted by Gasteiger charge is 2.40. The van der Waals surface area contributed by atoms with Gasteiger partial charge < -0.3 is 0 Å². The Labute approximate surface area is 62.4 Å². The molecule has 3 nitrogen and oxygen atoms in total. The summed E-state index contributed by atoms with van der Waals surface area (Å²) in [6.07, 6.45) is 2.97. The summed E-state index contributed by atoms with van der Waals surface area (Å²) in [5.74, 6) is 1.65. The van der Waals surface area contributed by atoms with E-state index in [2.05, 4.69) is 10.2 Å². The summed E-state index contributed by atoms with van der Waals surface area (Å²) in [4.78, 5) is 0. The van der Waals surface area contributed by atoms with E-state index >= 15 is 0 Å². The highest BCUT2D eigenvalue weighted by atomic mass is 32.2. The molecule has 1 spiro atoms. The maximum atomic E-state index is 11.0. The van der Waals surface area contributed by atoms with Gasteiger partial charge in [-0.15, -0.1) is 0 Å². The van der Waals surface area contributed by atoms with Crippen LogP contribution in [-0.2, 0) is 10.8 Å². The molecule has 0 N–H and O–H groups in total. The van der Waals surface area contributed by atoms with E-state index in [0.717, 1.165) is 30.8 Å². The molecule has 0 amide bonds. The highest BCUT2D eigenvalue weighted by molar-refractivity contribution is 7.84. The standard InChI is InChI=1S/C6H10N2OS/c9-10-4-1-2-6(3-5-10)7-8-6/h1-5H2. The Kier molecular flexibility index (Phi) is 1.37. The van der Waals surface area contributed by atoms with E-state index in [4.69, 9.17) is 0 Å². The van der Waals surface area contributed by atoms with Gasteiger partial charge in [-0.2, -0.15) is 10.2 Å². The summed E-state index contributed by atoms with van der Waals surface area (Å²) in [5, 5.41) is 7.96. The van der Waals surface area contributed by atoms with Crippen molar-refractivity contribution in [2.24, 2.45) is 10.2 Å². The van der Waals surface area contributed by atoms with Crippen molar-refractivity contribution in [3.63, 3.8) is 0 Å². The zero-order chi connectivity index (χ0) is 7.03. The second-order valence-corrected chi connectivity index (χ2v) is 4.58. The van der Waals surface area contributed by atoms with Crippen molar-refractivity contribution >= 4 is 10.8 Å². The molecule has 1 fully saturated rings. The molecule has 56 valence electrons. The van der Waals surface area contributed by atoms with E-state index in [1.54, 1.807) is 0 Å². The molecule has 0 saturated carbocycles. The molecule has 2 aliphatic heterocycles. The van der Waals surface area contributed by atoms with Crippen LogP contribution in [0.2, 0.25) is 0 Å².